The monoisotopic (exact) mass is 337 g/mol. The van der Waals surface area contributed by atoms with Gasteiger partial charge in [0.15, 0.2) is 0 Å². The number of rotatable bonds is 7. The van der Waals surface area contributed by atoms with Crippen molar-refractivity contribution in [1.29, 1.82) is 0 Å². The van der Waals surface area contributed by atoms with Crippen LogP contribution in [0.4, 0.5) is 0 Å². The second-order valence-electron chi connectivity index (χ2n) is 7.01. The molecular formula is C18H31N3O3. The molecule has 1 saturated heterocycles. The van der Waals surface area contributed by atoms with Crippen molar-refractivity contribution in [3.05, 3.63) is 0 Å². The van der Waals surface area contributed by atoms with E-state index in [1.165, 1.54) is 0 Å². The SMILES string of the molecule is CCCCCNC(=O)C1CCC(C(=O)N2CCN(C=O)CC2)CC1. The maximum atomic E-state index is 12.6. The van der Waals surface area contributed by atoms with Crippen molar-refractivity contribution in [2.45, 2.75) is 51.9 Å². The van der Waals surface area contributed by atoms with E-state index in [2.05, 4.69) is 12.2 Å². The molecule has 0 unspecified atom stereocenters. The van der Waals surface area contributed by atoms with Crippen molar-refractivity contribution in [2.75, 3.05) is 32.7 Å². The standard InChI is InChI=1S/C18H31N3O3/c1-2-3-4-9-19-17(23)15-5-7-16(8-6-15)18(24)21-12-10-20(14-22)11-13-21/h14-16H,2-13H2,1H3,(H,19,23). The normalized spacial score (nSPS) is 24.5. The number of hydrogen-bond donors (Lipinski definition) is 1. The van der Waals surface area contributed by atoms with Crippen LogP contribution in [0.3, 0.4) is 0 Å². The Labute approximate surface area is 144 Å². The number of hydrogen-bond acceptors (Lipinski definition) is 3. The lowest BCUT2D eigenvalue weighted by atomic mass is 9.81. The zero-order valence-electron chi connectivity index (χ0n) is 14.8. The van der Waals surface area contributed by atoms with Gasteiger partial charge in [0.2, 0.25) is 18.2 Å². The Morgan fingerprint density at radius 3 is 2.21 bits per heavy atom. The van der Waals surface area contributed by atoms with Crippen LogP contribution >= 0.6 is 0 Å². The third-order valence-corrected chi connectivity index (χ3v) is 5.30. The molecule has 1 saturated carbocycles. The molecule has 2 rings (SSSR count). The van der Waals surface area contributed by atoms with Gasteiger partial charge in [-0.1, -0.05) is 19.8 Å². The Hall–Kier alpha value is -1.59. The van der Waals surface area contributed by atoms with Gasteiger partial charge in [-0.2, -0.15) is 0 Å². The fraction of sp³-hybridized carbons (Fsp3) is 0.833. The second-order valence-corrected chi connectivity index (χ2v) is 7.01. The molecule has 2 fully saturated rings. The summed E-state index contributed by atoms with van der Waals surface area (Å²) in [6.45, 7) is 5.45. The van der Waals surface area contributed by atoms with Crippen LogP contribution in [0.5, 0.6) is 0 Å². The first-order valence-corrected chi connectivity index (χ1v) is 9.41. The van der Waals surface area contributed by atoms with Crippen LogP contribution in [0.1, 0.15) is 51.9 Å². The van der Waals surface area contributed by atoms with Gasteiger partial charge in [-0.15, -0.1) is 0 Å². The summed E-state index contributed by atoms with van der Waals surface area (Å²) in [6, 6.07) is 0. The first-order chi connectivity index (χ1) is 11.7. The third kappa shape index (κ3) is 5.21. The van der Waals surface area contributed by atoms with E-state index < -0.39 is 0 Å². The van der Waals surface area contributed by atoms with Gasteiger partial charge in [-0.25, -0.2) is 0 Å². The summed E-state index contributed by atoms with van der Waals surface area (Å²) >= 11 is 0. The largest absolute Gasteiger partial charge is 0.356 e. The lowest BCUT2D eigenvalue weighted by Crippen LogP contribution is -2.50. The van der Waals surface area contributed by atoms with Crippen LogP contribution in [-0.2, 0) is 14.4 Å². The predicted octanol–water partition coefficient (Wildman–Crippen LogP) is 1.40. The van der Waals surface area contributed by atoms with Crippen molar-refractivity contribution in [1.82, 2.24) is 15.1 Å². The molecule has 0 radical (unpaired) electrons. The van der Waals surface area contributed by atoms with Crippen molar-refractivity contribution in [3.8, 4) is 0 Å². The van der Waals surface area contributed by atoms with Crippen molar-refractivity contribution in [3.63, 3.8) is 0 Å². The van der Waals surface area contributed by atoms with Gasteiger partial charge < -0.3 is 15.1 Å². The van der Waals surface area contributed by atoms with Crippen molar-refractivity contribution >= 4 is 18.2 Å². The summed E-state index contributed by atoms with van der Waals surface area (Å²) in [5.41, 5.74) is 0. The smallest absolute Gasteiger partial charge is 0.225 e. The van der Waals surface area contributed by atoms with Gasteiger partial charge in [0.05, 0.1) is 0 Å². The number of nitrogens with zero attached hydrogens (tertiary/aromatic N) is 2. The summed E-state index contributed by atoms with van der Waals surface area (Å²) in [4.78, 5) is 39.1. The van der Waals surface area contributed by atoms with Crippen LogP contribution < -0.4 is 5.32 Å². The van der Waals surface area contributed by atoms with E-state index in [9.17, 15) is 14.4 Å². The molecular weight excluding hydrogens is 306 g/mol. The first-order valence-electron chi connectivity index (χ1n) is 9.41. The summed E-state index contributed by atoms with van der Waals surface area (Å²) in [5, 5.41) is 3.03. The maximum Gasteiger partial charge on any atom is 0.225 e. The summed E-state index contributed by atoms with van der Waals surface area (Å²) in [5.74, 6) is 0.499. The Bertz CT molecular complexity index is 425. The summed E-state index contributed by atoms with van der Waals surface area (Å²) < 4.78 is 0. The first kappa shape index (κ1) is 18.7. The fourth-order valence-electron chi connectivity index (χ4n) is 3.64. The predicted molar refractivity (Wildman–Crippen MR) is 92.2 cm³/mol. The van der Waals surface area contributed by atoms with E-state index in [4.69, 9.17) is 0 Å². The molecule has 6 nitrogen and oxygen atoms in total. The summed E-state index contributed by atoms with van der Waals surface area (Å²) in [6.07, 6.45) is 7.44. The van der Waals surface area contributed by atoms with Gasteiger partial charge in [0, 0.05) is 44.6 Å². The van der Waals surface area contributed by atoms with Gasteiger partial charge >= 0.3 is 0 Å². The molecule has 1 aliphatic heterocycles. The Kier molecular flexibility index (Phi) is 7.53. The average molecular weight is 337 g/mol. The lowest BCUT2D eigenvalue weighted by molar-refractivity contribution is -0.141. The molecule has 1 aliphatic carbocycles. The number of piperazine rings is 1. The van der Waals surface area contributed by atoms with E-state index in [1.807, 2.05) is 4.90 Å². The molecule has 24 heavy (non-hydrogen) atoms. The van der Waals surface area contributed by atoms with Crippen molar-refractivity contribution < 1.29 is 14.4 Å². The van der Waals surface area contributed by atoms with Gasteiger partial charge in [-0.3, -0.25) is 14.4 Å². The molecule has 0 bridgehead atoms. The Morgan fingerprint density at radius 1 is 1.00 bits per heavy atom. The average Bonchev–Trinajstić information content (AvgIpc) is 2.64. The molecule has 0 aromatic carbocycles. The Balaban J connectivity index is 1.69. The number of carbonyl (C=O) groups excluding carboxylic acids is 3. The minimum Gasteiger partial charge on any atom is -0.356 e. The number of nitrogens with one attached hydrogen (secondary N) is 1. The number of carbonyl (C=O) groups is 3. The van der Waals surface area contributed by atoms with Crippen LogP contribution in [0.25, 0.3) is 0 Å². The second kappa shape index (κ2) is 9.64. The molecule has 3 amide bonds. The van der Waals surface area contributed by atoms with Gasteiger partial charge in [-0.05, 0) is 32.1 Å². The molecule has 1 heterocycles. The number of unbranched alkanes of at least 4 members (excludes halogenated alkanes) is 2. The number of amides is 3. The highest BCUT2D eigenvalue weighted by molar-refractivity contribution is 5.81. The zero-order valence-corrected chi connectivity index (χ0v) is 14.8. The van der Waals surface area contributed by atoms with E-state index in [0.29, 0.717) is 26.2 Å². The Morgan fingerprint density at radius 2 is 1.62 bits per heavy atom. The minimum absolute atomic E-state index is 0.0527. The van der Waals surface area contributed by atoms with Crippen LogP contribution in [0.15, 0.2) is 0 Å². The zero-order chi connectivity index (χ0) is 17.4. The molecule has 2 aliphatic rings. The van der Waals surface area contributed by atoms with Crippen LogP contribution in [0.2, 0.25) is 0 Å². The fourth-order valence-corrected chi connectivity index (χ4v) is 3.64. The molecule has 0 spiro atoms. The molecule has 6 heteroatoms. The minimum atomic E-state index is 0.0527. The van der Waals surface area contributed by atoms with E-state index in [1.54, 1.807) is 4.90 Å². The molecule has 1 N–H and O–H groups in total. The topological polar surface area (TPSA) is 69.7 Å². The third-order valence-electron chi connectivity index (χ3n) is 5.30. The van der Waals surface area contributed by atoms with E-state index in [-0.39, 0.29) is 23.7 Å². The molecule has 136 valence electrons. The highest BCUT2D eigenvalue weighted by Crippen LogP contribution is 2.30. The van der Waals surface area contributed by atoms with Crippen LogP contribution in [0, 0.1) is 11.8 Å². The van der Waals surface area contributed by atoms with Crippen molar-refractivity contribution in [2.24, 2.45) is 11.8 Å². The quantitative estimate of drug-likeness (QED) is 0.564. The van der Waals surface area contributed by atoms with E-state index in [0.717, 1.165) is 57.9 Å². The van der Waals surface area contributed by atoms with Gasteiger partial charge in [0.1, 0.15) is 0 Å². The lowest BCUT2D eigenvalue weighted by Gasteiger charge is -2.36. The molecule has 0 aromatic rings. The molecule has 0 atom stereocenters. The van der Waals surface area contributed by atoms with Gasteiger partial charge in [0.25, 0.3) is 0 Å². The van der Waals surface area contributed by atoms with Crippen LogP contribution in [-0.4, -0.2) is 60.7 Å². The summed E-state index contributed by atoms with van der Waals surface area (Å²) in [7, 11) is 0. The molecule has 0 aromatic heterocycles. The maximum absolute atomic E-state index is 12.6. The highest BCUT2D eigenvalue weighted by Gasteiger charge is 2.32. The van der Waals surface area contributed by atoms with E-state index >= 15 is 0 Å². The highest BCUT2D eigenvalue weighted by atomic mass is 16.2.